The minimum atomic E-state index is -0.784. The standard InChI is InChI=1S/C29H34N2O4/c1-3-34-25-16-14-23(15-17-25)27(28(32)30-24-11-6-7-12-24)31(29(33)26-13-8-20-35-26)19-18-22-10-5-4-9-21(22)2/h4-5,8-10,13-17,20,24,27H,3,6-7,11-12,18-19H2,1-2H3,(H,30,32). The number of benzene rings is 2. The van der Waals surface area contributed by atoms with Crippen molar-refractivity contribution in [3.05, 3.63) is 89.4 Å². The van der Waals surface area contributed by atoms with E-state index in [9.17, 15) is 9.59 Å². The Hall–Kier alpha value is -3.54. The van der Waals surface area contributed by atoms with Gasteiger partial charge < -0.3 is 19.4 Å². The number of furan rings is 1. The Balaban J connectivity index is 1.68. The fraction of sp³-hybridized carbons (Fsp3) is 0.379. The van der Waals surface area contributed by atoms with E-state index in [1.807, 2.05) is 43.3 Å². The Kier molecular flexibility index (Phi) is 8.24. The number of nitrogens with zero attached hydrogens (tertiary/aromatic N) is 1. The molecule has 0 aliphatic heterocycles. The van der Waals surface area contributed by atoms with Crippen molar-refractivity contribution in [1.82, 2.24) is 10.2 Å². The van der Waals surface area contributed by atoms with Crippen molar-refractivity contribution in [2.24, 2.45) is 0 Å². The van der Waals surface area contributed by atoms with Crippen molar-refractivity contribution in [2.45, 2.75) is 58.0 Å². The first-order valence-electron chi connectivity index (χ1n) is 12.5. The number of amides is 2. The maximum Gasteiger partial charge on any atom is 0.290 e. The van der Waals surface area contributed by atoms with E-state index >= 15 is 0 Å². The van der Waals surface area contributed by atoms with Crippen molar-refractivity contribution < 1.29 is 18.7 Å². The van der Waals surface area contributed by atoms with Crippen molar-refractivity contribution in [3.8, 4) is 5.75 Å². The van der Waals surface area contributed by atoms with Gasteiger partial charge in [-0.05, 0) is 74.1 Å². The molecule has 35 heavy (non-hydrogen) atoms. The molecule has 1 unspecified atom stereocenters. The van der Waals surface area contributed by atoms with Gasteiger partial charge in [0.15, 0.2) is 5.76 Å². The summed E-state index contributed by atoms with van der Waals surface area (Å²) in [6.45, 7) is 4.93. The third-order valence-corrected chi connectivity index (χ3v) is 6.64. The minimum Gasteiger partial charge on any atom is -0.494 e. The Labute approximate surface area is 207 Å². The SMILES string of the molecule is CCOc1ccc(C(C(=O)NC2CCCC2)N(CCc2ccccc2C)C(=O)c2ccco2)cc1. The van der Waals surface area contributed by atoms with Crippen LogP contribution in [0.25, 0.3) is 0 Å². The highest BCUT2D eigenvalue weighted by molar-refractivity contribution is 5.96. The Morgan fingerprint density at radius 3 is 2.46 bits per heavy atom. The molecular weight excluding hydrogens is 440 g/mol. The molecule has 4 rings (SSSR count). The first kappa shape index (κ1) is 24.6. The lowest BCUT2D eigenvalue weighted by Gasteiger charge is -2.32. The van der Waals surface area contributed by atoms with Gasteiger partial charge in [0.2, 0.25) is 5.91 Å². The van der Waals surface area contributed by atoms with E-state index in [0.29, 0.717) is 19.6 Å². The quantitative estimate of drug-likeness (QED) is 0.423. The first-order chi connectivity index (χ1) is 17.1. The summed E-state index contributed by atoms with van der Waals surface area (Å²) in [5.74, 6) is 0.490. The van der Waals surface area contributed by atoms with Crippen molar-refractivity contribution in [1.29, 1.82) is 0 Å². The average molecular weight is 475 g/mol. The summed E-state index contributed by atoms with van der Waals surface area (Å²) in [5, 5.41) is 3.21. The van der Waals surface area contributed by atoms with Gasteiger partial charge in [0.25, 0.3) is 5.91 Å². The Morgan fingerprint density at radius 2 is 1.80 bits per heavy atom. The number of aryl methyl sites for hydroxylation is 1. The van der Waals surface area contributed by atoms with E-state index in [1.54, 1.807) is 17.0 Å². The zero-order valence-electron chi connectivity index (χ0n) is 20.5. The number of carbonyl (C=O) groups excluding carboxylic acids is 2. The molecule has 2 amide bonds. The number of ether oxygens (including phenoxy) is 1. The molecule has 0 radical (unpaired) electrons. The van der Waals surface area contributed by atoms with Gasteiger partial charge in [-0.25, -0.2) is 0 Å². The van der Waals surface area contributed by atoms with Crippen LogP contribution in [-0.2, 0) is 11.2 Å². The highest BCUT2D eigenvalue weighted by Gasteiger charge is 2.34. The number of rotatable bonds is 10. The lowest BCUT2D eigenvalue weighted by molar-refractivity contribution is -0.126. The predicted molar refractivity (Wildman–Crippen MR) is 135 cm³/mol. The molecule has 1 fully saturated rings. The van der Waals surface area contributed by atoms with Crippen LogP contribution in [0.1, 0.15) is 65.9 Å². The Bertz CT molecular complexity index is 1100. The topological polar surface area (TPSA) is 71.8 Å². The maximum atomic E-state index is 13.7. The zero-order valence-corrected chi connectivity index (χ0v) is 20.5. The van der Waals surface area contributed by atoms with E-state index in [4.69, 9.17) is 9.15 Å². The molecule has 1 heterocycles. The molecule has 3 aromatic rings. The summed E-state index contributed by atoms with van der Waals surface area (Å²) in [7, 11) is 0. The number of hydrogen-bond donors (Lipinski definition) is 1. The third-order valence-electron chi connectivity index (χ3n) is 6.64. The molecule has 1 aromatic heterocycles. The Morgan fingerprint density at radius 1 is 1.06 bits per heavy atom. The third kappa shape index (κ3) is 6.13. The summed E-state index contributed by atoms with van der Waals surface area (Å²) >= 11 is 0. The molecule has 1 aliphatic carbocycles. The molecule has 6 nitrogen and oxygen atoms in total. The largest absolute Gasteiger partial charge is 0.494 e. The van der Waals surface area contributed by atoms with Gasteiger partial charge >= 0.3 is 0 Å². The molecule has 2 aromatic carbocycles. The summed E-state index contributed by atoms with van der Waals surface area (Å²) in [4.78, 5) is 29.0. The van der Waals surface area contributed by atoms with E-state index < -0.39 is 6.04 Å². The van der Waals surface area contributed by atoms with E-state index in [2.05, 4.69) is 24.4 Å². The fourth-order valence-electron chi connectivity index (χ4n) is 4.76. The van der Waals surface area contributed by atoms with Gasteiger partial charge in [-0.1, -0.05) is 49.2 Å². The molecule has 0 spiro atoms. The van der Waals surface area contributed by atoms with Crippen LogP contribution in [0, 0.1) is 6.92 Å². The van der Waals surface area contributed by atoms with Crippen LogP contribution in [0.4, 0.5) is 0 Å². The highest BCUT2D eigenvalue weighted by atomic mass is 16.5. The number of nitrogens with one attached hydrogen (secondary N) is 1. The van der Waals surface area contributed by atoms with Crippen LogP contribution < -0.4 is 10.1 Å². The van der Waals surface area contributed by atoms with Crippen molar-refractivity contribution >= 4 is 11.8 Å². The zero-order chi connectivity index (χ0) is 24.6. The predicted octanol–water partition coefficient (Wildman–Crippen LogP) is 5.47. The van der Waals surface area contributed by atoms with E-state index in [-0.39, 0.29) is 23.6 Å². The fourth-order valence-corrected chi connectivity index (χ4v) is 4.76. The summed E-state index contributed by atoms with van der Waals surface area (Å²) in [5.41, 5.74) is 3.05. The second-order valence-electron chi connectivity index (χ2n) is 9.05. The van der Waals surface area contributed by atoms with Gasteiger partial charge in [-0.3, -0.25) is 9.59 Å². The molecule has 0 saturated heterocycles. The van der Waals surface area contributed by atoms with Crippen LogP contribution in [-0.4, -0.2) is 35.9 Å². The molecule has 1 saturated carbocycles. The maximum absolute atomic E-state index is 13.7. The van der Waals surface area contributed by atoms with Gasteiger partial charge in [-0.2, -0.15) is 0 Å². The lowest BCUT2D eigenvalue weighted by Crippen LogP contribution is -2.46. The number of hydrogen-bond acceptors (Lipinski definition) is 4. The molecule has 184 valence electrons. The smallest absolute Gasteiger partial charge is 0.290 e. The van der Waals surface area contributed by atoms with Crippen LogP contribution in [0.2, 0.25) is 0 Å². The summed E-state index contributed by atoms with van der Waals surface area (Å²) in [6, 6.07) is 18.3. The van der Waals surface area contributed by atoms with Gasteiger partial charge in [0.05, 0.1) is 12.9 Å². The molecule has 1 N–H and O–H groups in total. The van der Waals surface area contributed by atoms with Crippen molar-refractivity contribution in [2.75, 3.05) is 13.2 Å². The first-order valence-corrected chi connectivity index (χ1v) is 12.5. The molecule has 1 atom stereocenters. The highest BCUT2D eigenvalue weighted by Crippen LogP contribution is 2.28. The van der Waals surface area contributed by atoms with Gasteiger partial charge in [0, 0.05) is 12.6 Å². The van der Waals surface area contributed by atoms with Crippen LogP contribution >= 0.6 is 0 Å². The molecule has 6 heteroatoms. The normalized spacial score (nSPS) is 14.5. The van der Waals surface area contributed by atoms with Gasteiger partial charge in [-0.15, -0.1) is 0 Å². The summed E-state index contributed by atoms with van der Waals surface area (Å²) in [6.07, 6.45) is 6.27. The van der Waals surface area contributed by atoms with Gasteiger partial charge in [0.1, 0.15) is 11.8 Å². The second-order valence-corrected chi connectivity index (χ2v) is 9.05. The van der Waals surface area contributed by atoms with Crippen LogP contribution in [0.15, 0.2) is 71.3 Å². The monoisotopic (exact) mass is 474 g/mol. The molecular formula is C29H34N2O4. The average Bonchev–Trinajstić information content (AvgIpc) is 3.58. The van der Waals surface area contributed by atoms with Crippen LogP contribution in [0.3, 0.4) is 0 Å². The molecule has 1 aliphatic rings. The van der Waals surface area contributed by atoms with Crippen LogP contribution in [0.5, 0.6) is 5.75 Å². The minimum absolute atomic E-state index is 0.143. The lowest BCUT2D eigenvalue weighted by atomic mass is 10.0. The second kappa shape index (κ2) is 11.7. The van der Waals surface area contributed by atoms with E-state index in [0.717, 1.165) is 48.1 Å². The number of carbonyl (C=O) groups is 2. The van der Waals surface area contributed by atoms with Crippen molar-refractivity contribution in [3.63, 3.8) is 0 Å². The summed E-state index contributed by atoms with van der Waals surface area (Å²) < 4.78 is 11.1. The van der Waals surface area contributed by atoms with E-state index in [1.165, 1.54) is 6.26 Å². The molecule has 0 bridgehead atoms.